The van der Waals surface area contributed by atoms with Crippen LogP contribution in [0.15, 0.2) is 12.3 Å². The molecule has 0 fully saturated rings. The molecule has 1 aromatic rings. The number of nitrogens with zero attached hydrogens (tertiary/aromatic N) is 2. The third-order valence-corrected chi connectivity index (χ3v) is 2.10. The van der Waals surface area contributed by atoms with Crippen molar-refractivity contribution >= 4 is 0 Å². The fourth-order valence-corrected chi connectivity index (χ4v) is 1.50. The normalized spacial score (nSPS) is 12.9. The second-order valence-corrected chi connectivity index (χ2v) is 4.12. The monoisotopic (exact) mass is 209 g/mol. The van der Waals surface area contributed by atoms with Crippen molar-refractivity contribution < 1.29 is 4.74 Å². The first-order chi connectivity index (χ1) is 7.13. The van der Waals surface area contributed by atoms with Crippen molar-refractivity contribution in [1.82, 2.24) is 10.2 Å². The summed E-state index contributed by atoms with van der Waals surface area (Å²) in [6.07, 6.45) is 2.77. The molecular weight excluding hydrogens is 190 g/mol. The molecule has 4 nitrogen and oxygen atoms in total. The van der Waals surface area contributed by atoms with E-state index in [0.29, 0.717) is 18.3 Å². The van der Waals surface area contributed by atoms with E-state index in [-0.39, 0.29) is 6.10 Å². The van der Waals surface area contributed by atoms with Crippen LogP contribution in [0.1, 0.15) is 32.8 Å². The van der Waals surface area contributed by atoms with Crippen LogP contribution in [-0.2, 0) is 6.54 Å². The minimum Gasteiger partial charge on any atom is -0.473 e. The maximum absolute atomic E-state index is 5.69. The van der Waals surface area contributed by atoms with Crippen LogP contribution in [0, 0.1) is 5.92 Å². The molecule has 0 radical (unpaired) electrons. The predicted octanol–water partition coefficient (Wildman–Crippen LogP) is 1.75. The maximum Gasteiger partial charge on any atom is 0.238 e. The summed E-state index contributed by atoms with van der Waals surface area (Å²) < 4.78 is 5.69. The van der Waals surface area contributed by atoms with Gasteiger partial charge in [-0.1, -0.05) is 13.8 Å². The first-order valence-corrected chi connectivity index (χ1v) is 5.30. The fourth-order valence-electron chi connectivity index (χ4n) is 1.50. The van der Waals surface area contributed by atoms with E-state index in [9.17, 15) is 0 Å². The Bertz CT molecular complexity index is 302. The van der Waals surface area contributed by atoms with E-state index in [4.69, 9.17) is 10.5 Å². The van der Waals surface area contributed by atoms with Gasteiger partial charge in [0, 0.05) is 12.1 Å². The molecule has 1 atom stereocenters. The van der Waals surface area contributed by atoms with Gasteiger partial charge >= 0.3 is 0 Å². The molecule has 0 saturated heterocycles. The maximum atomic E-state index is 5.69. The van der Waals surface area contributed by atoms with Crippen LogP contribution in [0.25, 0.3) is 0 Å². The summed E-state index contributed by atoms with van der Waals surface area (Å²) in [4.78, 5) is 0. The highest BCUT2D eigenvalue weighted by molar-refractivity contribution is 5.22. The van der Waals surface area contributed by atoms with E-state index < -0.39 is 0 Å². The Morgan fingerprint density at radius 2 is 2.13 bits per heavy atom. The molecule has 0 aliphatic carbocycles. The van der Waals surface area contributed by atoms with E-state index in [1.165, 1.54) is 0 Å². The van der Waals surface area contributed by atoms with Crippen molar-refractivity contribution in [3.05, 3.63) is 17.8 Å². The summed E-state index contributed by atoms with van der Waals surface area (Å²) in [5.41, 5.74) is 6.48. The highest BCUT2D eigenvalue weighted by atomic mass is 16.5. The van der Waals surface area contributed by atoms with E-state index in [1.54, 1.807) is 6.20 Å². The predicted molar refractivity (Wildman–Crippen MR) is 59.5 cm³/mol. The van der Waals surface area contributed by atoms with Gasteiger partial charge in [-0.3, -0.25) is 0 Å². The van der Waals surface area contributed by atoms with Gasteiger partial charge in [-0.2, -0.15) is 5.10 Å². The highest BCUT2D eigenvalue weighted by Crippen LogP contribution is 2.16. The SMILES string of the molecule is CC(C)CC(C)Oc1nnccc1CN. The number of ether oxygens (including phenoxy) is 1. The molecular formula is C11H19N3O. The van der Waals surface area contributed by atoms with Crippen molar-refractivity contribution in [1.29, 1.82) is 0 Å². The number of nitrogens with two attached hydrogens (primary N) is 1. The largest absolute Gasteiger partial charge is 0.473 e. The van der Waals surface area contributed by atoms with Crippen molar-refractivity contribution in [3.8, 4) is 5.88 Å². The minimum atomic E-state index is 0.145. The Kier molecular flexibility index (Phi) is 4.49. The molecule has 0 spiro atoms. The number of aromatic nitrogens is 2. The second-order valence-electron chi connectivity index (χ2n) is 4.12. The van der Waals surface area contributed by atoms with Crippen LogP contribution in [0.5, 0.6) is 5.88 Å². The first kappa shape index (κ1) is 11.9. The van der Waals surface area contributed by atoms with Crippen molar-refractivity contribution in [2.45, 2.75) is 39.8 Å². The van der Waals surface area contributed by atoms with Crippen LogP contribution in [0.3, 0.4) is 0 Å². The molecule has 1 aromatic heterocycles. The van der Waals surface area contributed by atoms with E-state index in [0.717, 1.165) is 12.0 Å². The number of rotatable bonds is 5. The van der Waals surface area contributed by atoms with Gasteiger partial charge in [0.2, 0.25) is 5.88 Å². The Hall–Kier alpha value is -1.16. The fraction of sp³-hybridized carbons (Fsp3) is 0.636. The van der Waals surface area contributed by atoms with E-state index >= 15 is 0 Å². The standard InChI is InChI=1S/C11H19N3O/c1-8(2)6-9(3)15-11-10(7-12)4-5-13-14-11/h4-5,8-9H,6-7,12H2,1-3H3. The Morgan fingerprint density at radius 1 is 1.40 bits per heavy atom. The molecule has 0 aliphatic heterocycles. The van der Waals surface area contributed by atoms with Crippen molar-refractivity contribution in [2.24, 2.45) is 11.7 Å². The molecule has 0 aliphatic rings. The first-order valence-electron chi connectivity index (χ1n) is 5.30. The number of hydrogen-bond donors (Lipinski definition) is 1. The topological polar surface area (TPSA) is 61.0 Å². The summed E-state index contributed by atoms with van der Waals surface area (Å²) in [6, 6.07) is 1.84. The summed E-state index contributed by atoms with van der Waals surface area (Å²) in [5, 5.41) is 7.74. The molecule has 1 heterocycles. The lowest BCUT2D eigenvalue weighted by Gasteiger charge is -2.16. The average Bonchev–Trinajstić information content (AvgIpc) is 2.17. The lowest BCUT2D eigenvalue weighted by atomic mass is 10.1. The van der Waals surface area contributed by atoms with Crippen LogP contribution in [0.2, 0.25) is 0 Å². The van der Waals surface area contributed by atoms with Gasteiger partial charge in [0.05, 0.1) is 12.3 Å². The molecule has 2 N–H and O–H groups in total. The zero-order valence-corrected chi connectivity index (χ0v) is 9.60. The van der Waals surface area contributed by atoms with E-state index in [1.807, 2.05) is 13.0 Å². The van der Waals surface area contributed by atoms with Gasteiger partial charge in [-0.05, 0) is 25.3 Å². The smallest absolute Gasteiger partial charge is 0.238 e. The molecule has 4 heteroatoms. The molecule has 0 amide bonds. The molecule has 0 saturated carbocycles. The van der Waals surface area contributed by atoms with Crippen LogP contribution < -0.4 is 10.5 Å². The Balaban J connectivity index is 2.63. The average molecular weight is 209 g/mol. The molecule has 0 aromatic carbocycles. The molecule has 84 valence electrons. The van der Waals surface area contributed by atoms with Crippen LogP contribution >= 0.6 is 0 Å². The third-order valence-electron chi connectivity index (χ3n) is 2.10. The van der Waals surface area contributed by atoms with Gasteiger partial charge in [-0.15, -0.1) is 5.10 Å². The van der Waals surface area contributed by atoms with Gasteiger partial charge < -0.3 is 10.5 Å². The van der Waals surface area contributed by atoms with Crippen LogP contribution in [-0.4, -0.2) is 16.3 Å². The van der Waals surface area contributed by atoms with Gasteiger partial charge in [0.25, 0.3) is 0 Å². The zero-order chi connectivity index (χ0) is 11.3. The van der Waals surface area contributed by atoms with Gasteiger partial charge in [0.1, 0.15) is 0 Å². The molecule has 0 bridgehead atoms. The lowest BCUT2D eigenvalue weighted by Crippen LogP contribution is -2.17. The van der Waals surface area contributed by atoms with E-state index in [2.05, 4.69) is 24.0 Å². The Labute approximate surface area is 90.8 Å². The lowest BCUT2D eigenvalue weighted by molar-refractivity contribution is 0.182. The van der Waals surface area contributed by atoms with Crippen LogP contribution in [0.4, 0.5) is 0 Å². The summed E-state index contributed by atoms with van der Waals surface area (Å²) in [6.45, 7) is 6.80. The second kappa shape index (κ2) is 5.66. The third kappa shape index (κ3) is 3.83. The molecule has 1 unspecified atom stereocenters. The quantitative estimate of drug-likeness (QED) is 0.802. The molecule has 15 heavy (non-hydrogen) atoms. The molecule has 1 rings (SSSR count). The van der Waals surface area contributed by atoms with Crippen molar-refractivity contribution in [2.75, 3.05) is 0 Å². The minimum absolute atomic E-state index is 0.145. The zero-order valence-electron chi connectivity index (χ0n) is 9.60. The highest BCUT2D eigenvalue weighted by Gasteiger charge is 2.10. The summed E-state index contributed by atoms with van der Waals surface area (Å²) >= 11 is 0. The van der Waals surface area contributed by atoms with Gasteiger partial charge in [0.15, 0.2) is 0 Å². The summed E-state index contributed by atoms with van der Waals surface area (Å²) in [5.74, 6) is 1.17. The number of hydrogen-bond acceptors (Lipinski definition) is 4. The van der Waals surface area contributed by atoms with Crippen molar-refractivity contribution in [3.63, 3.8) is 0 Å². The van der Waals surface area contributed by atoms with Gasteiger partial charge in [-0.25, -0.2) is 0 Å². The Morgan fingerprint density at radius 3 is 2.73 bits per heavy atom. The summed E-state index contributed by atoms with van der Waals surface area (Å²) in [7, 11) is 0.